The smallest absolute Gasteiger partial charge is 0.303 e. The van der Waals surface area contributed by atoms with E-state index >= 15 is 0 Å². The van der Waals surface area contributed by atoms with E-state index < -0.39 is 0 Å². The van der Waals surface area contributed by atoms with Crippen LogP contribution in [0.4, 0.5) is 0 Å². The number of halogens is 1. The molecule has 110 valence electrons. The van der Waals surface area contributed by atoms with E-state index in [1.807, 2.05) is 42.5 Å². The number of thioether (sulfide) groups is 1. The Balaban J connectivity index is 1.96. The normalized spacial score (nSPS) is 11.9. The van der Waals surface area contributed by atoms with E-state index in [9.17, 15) is 4.79 Å². The molecule has 0 spiro atoms. The van der Waals surface area contributed by atoms with Gasteiger partial charge < -0.3 is 4.74 Å². The second kappa shape index (κ2) is 8.11. The van der Waals surface area contributed by atoms with E-state index in [0.29, 0.717) is 5.02 Å². The number of carbonyl (C=O) groups is 1. The SMILES string of the molecule is CC(=O)OC(CSCc1ccccc1)c1ccc(Cl)cc1. The number of hydrogen-bond donors (Lipinski definition) is 0. The summed E-state index contributed by atoms with van der Waals surface area (Å²) in [4.78, 5) is 11.3. The minimum atomic E-state index is -0.268. The van der Waals surface area contributed by atoms with Gasteiger partial charge in [-0.1, -0.05) is 54.1 Å². The lowest BCUT2D eigenvalue weighted by Gasteiger charge is -2.17. The highest BCUT2D eigenvalue weighted by Gasteiger charge is 2.14. The Morgan fingerprint density at radius 3 is 2.43 bits per heavy atom. The van der Waals surface area contributed by atoms with E-state index in [2.05, 4.69) is 12.1 Å². The summed E-state index contributed by atoms with van der Waals surface area (Å²) in [6.07, 6.45) is -0.242. The van der Waals surface area contributed by atoms with Crippen molar-refractivity contribution in [2.24, 2.45) is 0 Å². The molecule has 0 radical (unpaired) electrons. The van der Waals surface area contributed by atoms with Crippen LogP contribution in [0.2, 0.25) is 5.02 Å². The molecule has 0 amide bonds. The van der Waals surface area contributed by atoms with Crippen LogP contribution >= 0.6 is 23.4 Å². The molecule has 0 aromatic heterocycles. The van der Waals surface area contributed by atoms with Gasteiger partial charge in [0.15, 0.2) is 0 Å². The molecule has 4 heteroatoms. The summed E-state index contributed by atoms with van der Waals surface area (Å²) < 4.78 is 5.41. The Morgan fingerprint density at radius 1 is 1.14 bits per heavy atom. The molecule has 2 aromatic rings. The van der Waals surface area contributed by atoms with Gasteiger partial charge in [-0.25, -0.2) is 0 Å². The van der Waals surface area contributed by atoms with Crippen LogP contribution in [0.15, 0.2) is 54.6 Å². The van der Waals surface area contributed by atoms with Crippen LogP contribution in [0.25, 0.3) is 0 Å². The van der Waals surface area contributed by atoms with Crippen molar-refractivity contribution in [1.29, 1.82) is 0 Å². The summed E-state index contributed by atoms with van der Waals surface area (Å²) in [5.74, 6) is 1.35. The number of esters is 1. The van der Waals surface area contributed by atoms with Crippen molar-refractivity contribution in [2.75, 3.05) is 5.75 Å². The molecule has 0 aliphatic carbocycles. The van der Waals surface area contributed by atoms with Gasteiger partial charge in [0.2, 0.25) is 0 Å². The Bertz CT molecular complexity index is 569. The highest BCUT2D eigenvalue weighted by molar-refractivity contribution is 7.98. The summed E-state index contributed by atoms with van der Waals surface area (Å²) in [5.41, 5.74) is 2.23. The van der Waals surface area contributed by atoms with Crippen molar-refractivity contribution in [1.82, 2.24) is 0 Å². The fraction of sp³-hybridized carbons (Fsp3) is 0.235. The van der Waals surface area contributed by atoms with Crippen LogP contribution < -0.4 is 0 Å². The Labute approximate surface area is 134 Å². The van der Waals surface area contributed by atoms with Gasteiger partial charge in [-0.15, -0.1) is 0 Å². The number of hydrogen-bond acceptors (Lipinski definition) is 3. The van der Waals surface area contributed by atoms with Crippen LogP contribution in [-0.2, 0) is 15.3 Å². The molecule has 0 aliphatic rings. The second-order valence-corrected chi connectivity index (χ2v) is 6.12. The second-order valence-electron chi connectivity index (χ2n) is 4.65. The molecule has 0 bridgehead atoms. The molecule has 21 heavy (non-hydrogen) atoms. The summed E-state index contributed by atoms with van der Waals surface area (Å²) in [6.45, 7) is 1.44. The first kappa shape index (κ1) is 15.9. The molecule has 1 unspecified atom stereocenters. The maximum Gasteiger partial charge on any atom is 0.303 e. The van der Waals surface area contributed by atoms with Gasteiger partial charge in [0.05, 0.1) is 0 Å². The number of benzene rings is 2. The van der Waals surface area contributed by atoms with E-state index in [1.165, 1.54) is 12.5 Å². The highest BCUT2D eigenvalue weighted by Crippen LogP contribution is 2.25. The van der Waals surface area contributed by atoms with Gasteiger partial charge in [-0.3, -0.25) is 4.79 Å². The molecule has 0 aliphatic heterocycles. The van der Waals surface area contributed by atoms with Crippen molar-refractivity contribution in [3.05, 3.63) is 70.7 Å². The van der Waals surface area contributed by atoms with Gasteiger partial charge in [0, 0.05) is 23.5 Å². The Kier molecular flexibility index (Phi) is 6.15. The number of rotatable bonds is 6. The molecular weight excluding hydrogens is 304 g/mol. The zero-order valence-corrected chi connectivity index (χ0v) is 13.4. The topological polar surface area (TPSA) is 26.3 Å². The van der Waals surface area contributed by atoms with Crippen LogP contribution in [0.5, 0.6) is 0 Å². The first-order chi connectivity index (χ1) is 10.1. The van der Waals surface area contributed by atoms with Crippen molar-refractivity contribution in [2.45, 2.75) is 18.8 Å². The summed E-state index contributed by atoms with van der Waals surface area (Å²) >= 11 is 7.64. The Hall–Kier alpha value is -1.45. The molecule has 0 saturated carbocycles. The average Bonchev–Trinajstić information content (AvgIpc) is 2.48. The van der Waals surface area contributed by atoms with Crippen molar-refractivity contribution >= 4 is 29.3 Å². The maximum atomic E-state index is 11.3. The minimum Gasteiger partial charge on any atom is -0.457 e. The third-order valence-corrected chi connectivity index (χ3v) is 4.26. The predicted molar refractivity (Wildman–Crippen MR) is 88.6 cm³/mol. The van der Waals surface area contributed by atoms with Crippen molar-refractivity contribution in [3.8, 4) is 0 Å². The molecule has 0 saturated heterocycles. The Morgan fingerprint density at radius 2 is 1.81 bits per heavy atom. The van der Waals surface area contributed by atoms with Gasteiger partial charge in [-0.05, 0) is 23.3 Å². The molecule has 2 rings (SSSR count). The van der Waals surface area contributed by atoms with E-state index in [1.54, 1.807) is 11.8 Å². The van der Waals surface area contributed by atoms with Gasteiger partial charge in [0.25, 0.3) is 0 Å². The molecule has 2 aromatic carbocycles. The third kappa shape index (κ3) is 5.44. The fourth-order valence-electron chi connectivity index (χ4n) is 1.93. The zero-order chi connectivity index (χ0) is 15.1. The van der Waals surface area contributed by atoms with Gasteiger partial charge in [-0.2, -0.15) is 11.8 Å². The number of ether oxygens (including phenoxy) is 1. The first-order valence-corrected chi connectivity index (χ1v) is 8.23. The average molecular weight is 321 g/mol. The van der Waals surface area contributed by atoms with E-state index in [0.717, 1.165) is 17.1 Å². The maximum absolute atomic E-state index is 11.3. The van der Waals surface area contributed by atoms with Crippen LogP contribution in [0.3, 0.4) is 0 Å². The highest BCUT2D eigenvalue weighted by atomic mass is 35.5. The summed E-state index contributed by atoms with van der Waals surface area (Å²) in [5, 5.41) is 0.678. The van der Waals surface area contributed by atoms with E-state index in [-0.39, 0.29) is 12.1 Å². The largest absolute Gasteiger partial charge is 0.457 e. The lowest BCUT2D eigenvalue weighted by Crippen LogP contribution is -2.11. The van der Waals surface area contributed by atoms with Gasteiger partial charge in [0.1, 0.15) is 6.10 Å². The molecule has 0 fully saturated rings. The van der Waals surface area contributed by atoms with Crippen molar-refractivity contribution in [3.63, 3.8) is 0 Å². The van der Waals surface area contributed by atoms with Gasteiger partial charge >= 0.3 is 5.97 Å². The standard InChI is InChI=1S/C17H17ClO2S/c1-13(19)20-17(15-7-9-16(18)10-8-15)12-21-11-14-5-3-2-4-6-14/h2-10,17H,11-12H2,1H3. The van der Waals surface area contributed by atoms with Crippen LogP contribution in [0.1, 0.15) is 24.2 Å². The minimum absolute atomic E-state index is 0.242. The fourth-order valence-corrected chi connectivity index (χ4v) is 3.08. The summed E-state index contributed by atoms with van der Waals surface area (Å²) in [7, 11) is 0. The zero-order valence-electron chi connectivity index (χ0n) is 11.8. The predicted octanol–water partition coefficient (Wildman–Crippen LogP) is 4.88. The van der Waals surface area contributed by atoms with Crippen LogP contribution in [0, 0.1) is 0 Å². The molecule has 0 heterocycles. The monoisotopic (exact) mass is 320 g/mol. The molecule has 1 atom stereocenters. The molecule has 2 nitrogen and oxygen atoms in total. The number of carbonyl (C=O) groups excluding carboxylic acids is 1. The molecular formula is C17H17ClO2S. The van der Waals surface area contributed by atoms with Crippen molar-refractivity contribution < 1.29 is 9.53 Å². The summed E-state index contributed by atoms with van der Waals surface area (Å²) in [6, 6.07) is 17.7. The lowest BCUT2D eigenvalue weighted by atomic mass is 10.1. The van der Waals surface area contributed by atoms with E-state index in [4.69, 9.17) is 16.3 Å². The third-order valence-electron chi connectivity index (χ3n) is 2.93. The first-order valence-electron chi connectivity index (χ1n) is 6.69. The lowest BCUT2D eigenvalue weighted by molar-refractivity contribution is -0.145. The molecule has 0 N–H and O–H groups in total. The van der Waals surface area contributed by atoms with Crippen LogP contribution in [-0.4, -0.2) is 11.7 Å². The quantitative estimate of drug-likeness (QED) is 0.710.